The van der Waals surface area contributed by atoms with Gasteiger partial charge in [0.05, 0.1) is 0 Å². The molecule has 0 saturated carbocycles. The quantitative estimate of drug-likeness (QED) is 0.103. The molecule has 0 fully saturated rings. The predicted molar refractivity (Wildman–Crippen MR) is 200 cm³/mol. The first-order valence-corrected chi connectivity index (χ1v) is 16.8. The number of carbonyl (C=O) groups is 1. The minimum absolute atomic E-state index is 0.406. The van der Waals surface area contributed by atoms with Crippen LogP contribution in [0.15, 0.2) is 90.2 Å². The number of nitrogens with zero attached hydrogens (tertiary/aromatic N) is 2. The minimum atomic E-state index is -0.490. The highest BCUT2D eigenvalue weighted by Crippen LogP contribution is 2.24. The van der Waals surface area contributed by atoms with E-state index in [4.69, 9.17) is 4.74 Å². The molecule has 44 heavy (non-hydrogen) atoms. The normalized spacial score (nSPS) is 18.7. The summed E-state index contributed by atoms with van der Waals surface area (Å²) in [5.41, 5.74) is 3.71. The number of hydrogen-bond acceptors (Lipinski definition) is 5. The average molecular weight is 628 g/mol. The van der Waals surface area contributed by atoms with Crippen molar-refractivity contribution in [3.05, 3.63) is 90.2 Å². The summed E-state index contributed by atoms with van der Waals surface area (Å²) >= 11 is 0. The van der Waals surface area contributed by atoms with Crippen molar-refractivity contribution >= 4 is 21.0 Å². The highest BCUT2D eigenvalue weighted by Gasteiger charge is 2.25. The van der Waals surface area contributed by atoms with E-state index < -0.39 is 5.60 Å². The van der Waals surface area contributed by atoms with Crippen molar-refractivity contribution in [3.63, 3.8) is 0 Å². The van der Waals surface area contributed by atoms with Crippen molar-refractivity contribution in [2.24, 2.45) is 5.92 Å². The number of carbonyl (C=O) groups excluding carboxylic acids is 1. The van der Waals surface area contributed by atoms with E-state index in [1.54, 1.807) is 0 Å². The average Bonchev–Trinajstić information content (AvgIpc) is 3.05. The number of benzene rings is 1. The third kappa shape index (κ3) is 22.1. The fourth-order valence-corrected chi connectivity index (χ4v) is 4.29. The van der Waals surface area contributed by atoms with Crippen LogP contribution in [0.2, 0.25) is 0 Å². The first kappa shape index (κ1) is 43.7. The number of rotatable bonds is 13. The second kappa shape index (κ2) is 26.9. The van der Waals surface area contributed by atoms with Crippen LogP contribution in [0.25, 0.3) is 0 Å². The van der Waals surface area contributed by atoms with Gasteiger partial charge in [-0.05, 0) is 85.8 Å². The standard InChI is InChI=1S/C25H43N3O2.C6H7P.C5H10.C2H6/c1-8-14-26-19-25(6,30-20-29)13-11-15-27(7)17-24-18-28(21(2)3)16-10-9-12-22(4)23(24)5;7-6-4-2-1-3-5-6;1-4-5(2)3;1-2/h8-10,12,18,20-21,23,26H,1,11,13-17,19H2,2-7H3;1-5H,7H2;4H,1-3H3;1-2H3/b10-9-,22-12-,24-18-;;;. The van der Waals surface area contributed by atoms with Crippen LogP contribution in [0.1, 0.15) is 82.1 Å². The summed E-state index contributed by atoms with van der Waals surface area (Å²) in [6, 6.07) is 10.6. The van der Waals surface area contributed by atoms with Gasteiger partial charge in [0.25, 0.3) is 6.47 Å². The smallest absolute Gasteiger partial charge is 0.293 e. The Morgan fingerprint density at radius 2 is 1.86 bits per heavy atom. The molecule has 2 rings (SSSR count). The fourth-order valence-electron chi connectivity index (χ4n) is 4.06. The summed E-state index contributed by atoms with van der Waals surface area (Å²) in [7, 11) is 4.80. The van der Waals surface area contributed by atoms with Gasteiger partial charge in [-0.2, -0.15) is 0 Å². The molecule has 0 saturated heterocycles. The van der Waals surface area contributed by atoms with Gasteiger partial charge < -0.3 is 19.9 Å². The lowest BCUT2D eigenvalue weighted by atomic mass is 9.93. The highest BCUT2D eigenvalue weighted by molar-refractivity contribution is 7.27. The lowest BCUT2D eigenvalue weighted by molar-refractivity contribution is -0.142. The molecule has 1 aliphatic rings. The topological polar surface area (TPSA) is 44.8 Å². The van der Waals surface area contributed by atoms with Crippen LogP contribution in [0.3, 0.4) is 0 Å². The molecule has 3 unspecified atom stereocenters. The van der Waals surface area contributed by atoms with Gasteiger partial charge in [0.1, 0.15) is 5.60 Å². The molecule has 1 heterocycles. The van der Waals surface area contributed by atoms with Gasteiger partial charge >= 0.3 is 0 Å². The molecule has 0 amide bonds. The van der Waals surface area contributed by atoms with Crippen LogP contribution in [0.5, 0.6) is 0 Å². The van der Waals surface area contributed by atoms with Crippen molar-refractivity contribution < 1.29 is 9.53 Å². The Morgan fingerprint density at radius 3 is 2.34 bits per heavy atom. The van der Waals surface area contributed by atoms with E-state index in [2.05, 4.69) is 110 Å². The summed E-state index contributed by atoms with van der Waals surface area (Å²) < 4.78 is 5.40. The molecule has 0 spiro atoms. The lowest BCUT2D eigenvalue weighted by Crippen LogP contribution is -2.41. The Balaban J connectivity index is 0. The SMILES string of the molecule is C=CCNCC(C)(CCCN(C)C/C1=C/N(C(C)C)C/C=C\C=C(\C)C1C)OC=O.CC.CC=C(C)C.Pc1ccccc1. The van der Waals surface area contributed by atoms with E-state index in [9.17, 15) is 4.79 Å². The summed E-state index contributed by atoms with van der Waals surface area (Å²) in [6.45, 7) is 29.6. The number of ether oxygens (including phenoxy) is 1. The number of nitrogens with one attached hydrogen (secondary N) is 1. The van der Waals surface area contributed by atoms with Gasteiger partial charge in [0.15, 0.2) is 0 Å². The van der Waals surface area contributed by atoms with Crippen molar-refractivity contribution in [1.29, 1.82) is 0 Å². The van der Waals surface area contributed by atoms with Gasteiger partial charge in [0.2, 0.25) is 0 Å². The largest absolute Gasteiger partial charge is 0.460 e. The van der Waals surface area contributed by atoms with E-state index in [-0.39, 0.29) is 0 Å². The van der Waals surface area contributed by atoms with Crippen molar-refractivity contribution in [1.82, 2.24) is 15.1 Å². The second-order valence-electron chi connectivity index (χ2n) is 11.8. The maximum atomic E-state index is 11.0. The number of hydrogen-bond donors (Lipinski definition) is 1. The molecule has 1 aliphatic heterocycles. The maximum Gasteiger partial charge on any atom is 0.293 e. The van der Waals surface area contributed by atoms with E-state index in [1.165, 1.54) is 22.0 Å². The number of likely N-dealkylation sites (N-methyl/N-ethyl adjacent to an activating group) is 1. The van der Waals surface area contributed by atoms with Gasteiger partial charge in [-0.15, -0.1) is 15.8 Å². The Labute approximate surface area is 274 Å². The molecule has 0 bridgehead atoms. The highest BCUT2D eigenvalue weighted by atomic mass is 31.0. The molecule has 5 nitrogen and oxygen atoms in total. The van der Waals surface area contributed by atoms with Crippen LogP contribution in [0, 0.1) is 5.92 Å². The van der Waals surface area contributed by atoms with Gasteiger partial charge in [0, 0.05) is 44.3 Å². The van der Waals surface area contributed by atoms with Crippen molar-refractivity contribution in [2.45, 2.75) is 93.7 Å². The van der Waals surface area contributed by atoms with Crippen LogP contribution in [0.4, 0.5) is 0 Å². The van der Waals surface area contributed by atoms with Crippen LogP contribution in [-0.2, 0) is 9.53 Å². The number of allylic oxidation sites excluding steroid dienone is 5. The molecule has 0 aliphatic carbocycles. The first-order valence-electron chi connectivity index (χ1n) is 16.2. The Bertz CT molecular complexity index is 997. The third-order valence-corrected chi connectivity index (χ3v) is 7.63. The molecule has 3 atom stereocenters. The Hall–Kier alpha value is -2.46. The molecule has 6 heteroatoms. The van der Waals surface area contributed by atoms with Crippen LogP contribution in [-0.4, -0.2) is 67.7 Å². The van der Waals surface area contributed by atoms with E-state index in [1.807, 2.05) is 64.1 Å². The molecule has 1 aromatic carbocycles. The molecular formula is C38H66N3O2P. The van der Waals surface area contributed by atoms with E-state index >= 15 is 0 Å². The van der Waals surface area contributed by atoms with Crippen LogP contribution < -0.4 is 10.6 Å². The Morgan fingerprint density at radius 1 is 1.25 bits per heavy atom. The third-order valence-electron chi connectivity index (χ3n) is 7.24. The van der Waals surface area contributed by atoms with Crippen molar-refractivity contribution in [2.75, 3.05) is 39.8 Å². The molecular weight excluding hydrogens is 561 g/mol. The van der Waals surface area contributed by atoms with E-state index in [0.717, 1.165) is 32.5 Å². The summed E-state index contributed by atoms with van der Waals surface area (Å²) in [5.74, 6) is 0.406. The zero-order chi connectivity index (χ0) is 34.0. The van der Waals surface area contributed by atoms with Gasteiger partial charge in [-0.1, -0.05) is 92.6 Å². The van der Waals surface area contributed by atoms with Crippen LogP contribution >= 0.6 is 9.24 Å². The van der Waals surface area contributed by atoms with Gasteiger partial charge in [-0.3, -0.25) is 4.79 Å². The summed E-state index contributed by atoms with van der Waals surface area (Å²) in [4.78, 5) is 15.7. The van der Waals surface area contributed by atoms with E-state index in [0.29, 0.717) is 31.5 Å². The zero-order valence-electron chi connectivity index (χ0n) is 30.0. The second-order valence-corrected chi connectivity index (χ2v) is 12.4. The Kier molecular flexibility index (Phi) is 26.7. The first-order chi connectivity index (χ1) is 20.9. The molecule has 250 valence electrons. The molecule has 1 aromatic rings. The molecule has 1 N–H and O–H groups in total. The molecule has 0 aromatic heterocycles. The fraction of sp³-hybridized carbons (Fsp3) is 0.553. The minimum Gasteiger partial charge on any atom is -0.460 e. The predicted octanol–water partition coefficient (Wildman–Crippen LogP) is 8.34. The lowest BCUT2D eigenvalue weighted by Gasteiger charge is -2.30. The monoisotopic (exact) mass is 627 g/mol. The van der Waals surface area contributed by atoms with Crippen molar-refractivity contribution in [3.8, 4) is 0 Å². The summed E-state index contributed by atoms with van der Waals surface area (Å²) in [6.07, 6.45) is 14.7. The zero-order valence-corrected chi connectivity index (χ0v) is 31.2. The molecule has 0 radical (unpaired) electrons. The summed E-state index contributed by atoms with van der Waals surface area (Å²) in [5, 5.41) is 4.51. The maximum absolute atomic E-state index is 11.0. The van der Waals surface area contributed by atoms with Gasteiger partial charge in [-0.25, -0.2) is 0 Å².